The molecule has 0 bridgehead atoms. The summed E-state index contributed by atoms with van der Waals surface area (Å²) in [6, 6.07) is 91.4. The van der Waals surface area contributed by atoms with Crippen LogP contribution in [0.25, 0.3) is 120 Å². The Labute approximate surface area is 388 Å². The zero-order valence-corrected chi connectivity index (χ0v) is 36.6. The van der Waals surface area contributed by atoms with Gasteiger partial charge in [0.1, 0.15) is 0 Å². The van der Waals surface area contributed by atoms with Crippen LogP contribution in [0.2, 0.25) is 0 Å². The molecule has 2 aliphatic carbocycles. The molecule has 0 atom stereocenters. The van der Waals surface area contributed by atoms with Gasteiger partial charge in [-0.3, -0.25) is 0 Å². The van der Waals surface area contributed by atoms with E-state index in [0.29, 0.717) is 0 Å². The summed E-state index contributed by atoms with van der Waals surface area (Å²) in [6.45, 7) is 0. The van der Waals surface area contributed by atoms with Gasteiger partial charge in [0.15, 0.2) is 0 Å². The molecule has 0 amide bonds. The van der Waals surface area contributed by atoms with Gasteiger partial charge in [0.2, 0.25) is 0 Å². The van der Waals surface area contributed by atoms with Crippen molar-refractivity contribution in [1.82, 2.24) is 0 Å². The summed E-state index contributed by atoms with van der Waals surface area (Å²) in [6.07, 6.45) is 0. The van der Waals surface area contributed by atoms with E-state index in [-0.39, 0.29) is 0 Å². The molecule has 0 saturated heterocycles. The Morgan fingerprint density at radius 1 is 0.209 bits per heavy atom. The average molecular weight is 845 g/mol. The third-order valence-electron chi connectivity index (χ3n) is 15.4. The molecule has 13 aromatic carbocycles. The van der Waals surface area contributed by atoms with Crippen molar-refractivity contribution in [3.8, 4) is 55.6 Å². The molecule has 0 saturated carbocycles. The van der Waals surface area contributed by atoms with Crippen LogP contribution in [-0.2, 0) is 5.41 Å². The maximum Gasteiger partial charge on any atom is 0.0731 e. The van der Waals surface area contributed by atoms with E-state index in [1.807, 2.05) is 0 Å². The molecule has 0 fully saturated rings. The molecule has 0 aliphatic heterocycles. The summed E-state index contributed by atoms with van der Waals surface area (Å²) < 4.78 is 0. The fraction of sp³-hybridized carbons (Fsp3) is 0.0149. The van der Waals surface area contributed by atoms with Gasteiger partial charge in [-0.15, -0.1) is 0 Å². The lowest BCUT2D eigenvalue weighted by molar-refractivity contribution is 0.802. The zero-order chi connectivity index (χ0) is 43.8. The van der Waals surface area contributed by atoms with Gasteiger partial charge in [0.25, 0.3) is 0 Å². The minimum atomic E-state index is -0.424. The molecule has 0 nitrogen and oxygen atoms in total. The van der Waals surface area contributed by atoms with Crippen LogP contribution in [-0.4, -0.2) is 0 Å². The molecule has 2 aliphatic rings. The number of benzene rings is 13. The fourth-order valence-electron chi connectivity index (χ4n) is 12.7. The Bertz CT molecular complexity index is 4160. The van der Waals surface area contributed by atoms with Crippen molar-refractivity contribution < 1.29 is 0 Å². The van der Waals surface area contributed by atoms with Crippen LogP contribution in [0.15, 0.2) is 243 Å². The SMILES string of the molecule is c1ccc2c(c1)-c1ccccc1C21c2cc3cc(-c4ccc(-c5c6ccccc6c(-c6cc7ccccc7c7ccccc67)c6ccccc56)cc4)ccc3cc2-c2ccc3ccccc3c21. The highest BCUT2D eigenvalue weighted by molar-refractivity contribution is 6.26. The van der Waals surface area contributed by atoms with E-state index >= 15 is 0 Å². The first-order chi connectivity index (χ1) is 33.2. The summed E-state index contributed by atoms with van der Waals surface area (Å²) in [4.78, 5) is 0. The fourth-order valence-corrected chi connectivity index (χ4v) is 12.7. The minimum Gasteiger partial charge on any atom is -0.0619 e. The second kappa shape index (κ2) is 13.7. The number of hydrogen-bond donors (Lipinski definition) is 0. The predicted octanol–water partition coefficient (Wildman–Crippen LogP) is 18.0. The maximum absolute atomic E-state index is 2.52. The number of fused-ring (bicyclic) bond motifs is 18. The van der Waals surface area contributed by atoms with Crippen molar-refractivity contribution in [3.05, 3.63) is 265 Å². The first-order valence-electron chi connectivity index (χ1n) is 23.5. The molecule has 0 aromatic heterocycles. The van der Waals surface area contributed by atoms with Gasteiger partial charge in [-0.25, -0.2) is 0 Å². The smallest absolute Gasteiger partial charge is 0.0619 e. The molecule has 0 radical (unpaired) electrons. The monoisotopic (exact) mass is 844 g/mol. The van der Waals surface area contributed by atoms with Crippen LogP contribution in [0.3, 0.4) is 0 Å². The lowest BCUT2D eigenvalue weighted by Crippen LogP contribution is -2.26. The first kappa shape index (κ1) is 36.7. The van der Waals surface area contributed by atoms with Gasteiger partial charge in [0, 0.05) is 0 Å². The first-order valence-corrected chi connectivity index (χ1v) is 23.5. The molecule has 13 aromatic rings. The molecule has 308 valence electrons. The van der Waals surface area contributed by atoms with E-state index in [4.69, 9.17) is 0 Å². The van der Waals surface area contributed by atoms with Crippen LogP contribution in [0, 0.1) is 0 Å². The lowest BCUT2D eigenvalue weighted by Gasteiger charge is -2.31. The highest BCUT2D eigenvalue weighted by atomic mass is 14.5. The molecular formula is C67H40. The molecule has 67 heavy (non-hydrogen) atoms. The normalized spacial score (nSPS) is 13.2. The van der Waals surface area contributed by atoms with E-state index in [0.717, 1.165) is 0 Å². The van der Waals surface area contributed by atoms with E-state index in [9.17, 15) is 0 Å². The average Bonchev–Trinajstić information content (AvgIpc) is 3.86. The number of rotatable bonds is 3. The Morgan fingerprint density at radius 2 is 0.701 bits per heavy atom. The standard InChI is InChI=1S/C67H40/c1-4-18-49-42(15-1)35-36-58-59-38-45-34-33-44(37-47(45)40-63(59)67(66(49)58)61-27-13-11-21-52(61)53-22-12-14-28-62(53)67)41-29-31-43(32-30-41)64-54-23-7-9-25-56(54)65(57-26-10-8-24-55(57)64)60-39-46-16-2-3-17-48(46)50-19-5-6-20-51(50)60/h1-40H. The van der Waals surface area contributed by atoms with Crippen molar-refractivity contribution in [2.45, 2.75) is 5.41 Å². The lowest BCUT2D eigenvalue weighted by atomic mass is 9.69. The van der Waals surface area contributed by atoms with Crippen molar-refractivity contribution in [2.24, 2.45) is 0 Å². The van der Waals surface area contributed by atoms with Crippen molar-refractivity contribution in [1.29, 1.82) is 0 Å². The van der Waals surface area contributed by atoms with E-state index in [1.54, 1.807) is 0 Å². The second-order valence-electron chi connectivity index (χ2n) is 18.6. The van der Waals surface area contributed by atoms with Crippen molar-refractivity contribution >= 4 is 64.6 Å². The maximum atomic E-state index is 2.52. The van der Waals surface area contributed by atoms with Gasteiger partial charge in [0.05, 0.1) is 5.41 Å². The Hall–Kier alpha value is -8.58. The van der Waals surface area contributed by atoms with E-state index in [2.05, 4.69) is 243 Å². The van der Waals surface area contributed by atoms with Crippen LogP contribution in [0.5, 0.6) is 0 Å². The molecule has 0 heteroatoms. The molecule has 0 N–H and O–H groups in total. The highest BCUT2D eigenvalue weighted by Crippen LogP contribution is 2.64. The zero-order valence-electron chi connectivity index (χ0n) is 36.6. The largest absolute Gasteiger partial charge is 0.0731 e. The van der Waals surface area contributed by atoms with Crippen LogP contribution in [0.1, 0.15) is 22.3 Å². The van der Waals surface area contributed by atoms with Crippen molar-refractivity contribution in [3.63, 3.8) is 0 Å². The van der Waals surface area contributed by atoms with Gasteiger partial charge >= 0.3 is 0 Å². The highest BCUT2D eigenvalue weighted by Gasteiger charge is 2.52. The van der Waals surface area contributed by atoms with Gasteiger partial charge in [-0.2, -0.15) is 0 Å². The Kier molecular flexibility index (Phi) is 7.52. The Morgan fingerprint density at radius 3 is 1.39 bits per heavy atom. The quantitative estimate of drug-likeness (QED) is 0.123. The summed E-state index contributed by atoms with van der Waals surface area (Å²) in [7, 11) is 0. The topological polar surface area (TPSA) is 0 Å². The minimum absolute atomic E-state index is 0.424. The van der Waals surface area contributed by atoms with Crippen molar-refractivity contribution in [2.75, 3.05) is 0 Å². The van der Waals surface area contributed by atoms with Gasteiger partial charge in [-0.05, 0) is 167 Å². The second-order valence-corrected chi connectivity index (χ2v) is 18.6. The van der Waals surface area contributed by atoms with Crippen LogP contribution < -0.4 is 0 Å². The molecule has 1 spiro atoms. The summed E-state index contributed by atoms with van der Waals surface area (Å²) in [5.41, 5.74) is 17.9. The van der Waals surface area contributed by atoms with Gasteiger partial charge in [-0.1, -0.05) is 218 Å². The third-order valence-corrected chi connectivity index (χ3v) is 15.4. The summed E-state index contributed by atoms with van der Waals surface area (Å²) in [5.74, 6) is 0. The molecular weight excluding hydrogens is 805 g/mol. The Balaban J connectivity index is 0.896. The van der Waals surface area contributed by atoms with E-state index in [1.165, 1.54) is 143 Å². The summed E-state index contributed by atoms with van der Waals surface area (Å²) >= 11 is 0. The molecule has 15 rings (SSSR count). The molecule has 0 heterocycles. The predicted molar refractivity (Wildman–Crippen MR) is 284 cm³/mol. The van der Waals surface area contributed by atoms with Crippen LogP contribution in [0.4, 0.5) is 0 Å². The molecule has 0 unspecified atom stereocenters. The third kappa shape index (κ3) is 4.97. The van der Waals surface area contributed by atoms with Gasteiger partial charge < -0.3 is 0 Å². The summed E-state index contributed by atoms with van der Waals surface area (Å²) in [5, 5.41) is 15.3. The van der Waals surface area contributed by atoms with E-state index < -0.39 is 5.41 Å². The van der Waals surface area contributed by atoms with Crippen LogP contribution >= 0.6 is 0 Å². The number of hydrogen-bond acceptors (Lipinski definition) is 0.